The molecule has 2 aromatic rings. The number of benzene rings is 2. The third-order valence-electron chi connectivity index (χ3n) is 4.44. The topological polar surface area (TPSA) is 75.7 Å². The van der Waals surface area contributed by atoms with Gasteiger partial charge in [0.05, 0.1) is 9.92 Å². The van der Waals surface area contributed by atoms with Crippen molar-refractivity contribution in [3.05, 3.63) is 52.0 Å². The number of sulfonamides is 1. The number of amides is 1. The minimum absolute atomic E-state index is 0.116. The maximum Gasteiger partial charge on any atom is 0.262 e. The van der Waals surface area contributed by atoms with Gasteiger partial charge in [0.1, 0.15) is 5.75 Å². The van der Waals surface area contributed by atoms with Gasteiger partial charge in [-0.3, -0.25) is 4.79 Å². The molecule has 6 nitrogen and oxygen atoms in total. The Balaban J connectivity index is 1.65. The smallest absolute Gasteiger partial charge is 0.262 e. The van der Waals surface area contributed by atoms with E-state index in [1.165, 1.54) is 22.5 Å². The molecule has 3 rings (SSSR count). The normalized spacial score (nSPS) is 14.8. The van der Waals surface area contributed by atoms with Crippen molar-refractivity contribution < 1.29 is 17.9 Å². The molecule has 150 valence electrons. The molecule has 0 atom stereocenters. The summed E-state index contributed by atoms with van der Waals surface area (Å²) in [5.74, 6) is -0.143. The zero-order chi connectivity index (χ0) is 20.3. The second-order valence-corrected chi connectivity index (χ2v) is 9.28. The Morgan fingerprint density at radius 2 is 1.86 bits per heavy atom. The zero-order valence-corrected chi connectivity index (χ0v) is 17.6. The van der Waals surface area contributed by atoms with Gasteiger partial charge in [0.2, 0.25) is 10.0 Å². The SMILES string of the molecule is Cc1ccc(Cl)cc1NC(=O)COc1ccc(S(=O)(=O)N2CCCC2)cc1Cl. The monoisotopic (exact) mass is 442 g/mol. The van der Waals surface area contributed by atoms with Gasteiger partial charge in [-0.05, 0) is 55.7 Å². The Morgan fingerprint density at radius 3 is 2.54 bits per heavy atom. The van der Waals surface area contributed by atoms with Crippen LogP contribution in [-0.2, 0) is 14.8 Å². The van der Waals surface area contributed by atoms with Crippen LogP contribution in [-0.4, -0.2) is 38.3 Å². The van der Waals surface area contributed by atoms with Crippen LogP contribution in [0.15, 0.2) is 41.3 Å². The molecule has 0 aliphatic carbocycles. The summed E-state index contributed by atoms with van der Waals surface area (Å²) >= 11 is 12.1. The molecule has 2 aromatic carbocycles. The standard InChI is InChI=1S/C19H20Cl2N2O4S/c1-13-4-5-14(20)10-17(13)22-19(24)12-27-18-7-6-15(11-16(18)21)28(25,26)23-8-2-3-9-23/h4-7,10-11H,2-3,8-9,12H2,1H3,(H,22,24). The van der Waals surface area contributed by atoms with Gasteiger partial charge in [0.15, 0.2) is 6.61 Å². The summed E-state index contributed by atoms with van der Waals surface area (Å²) in [6, 6.07) is 9.44. The minimum Gasteiger partial charge on any atom is -0.482 e. The lowest BCUT2D eigenvalue weighted by Gasteiger charge is -2.16. The van der Waals surface area contributed by atoms with Crippen LogP contribution in [0.25, 0.3) is 0 Å². The van der Waals surface area contributed by atoms with Crippen LogP contribution in [0.5, 0.6) is 5.75 Å². The van der Waals surface area contributed by atoms with Crippen LogP contribution in [0.3, 0.4) is 0 Å². The van der Waals surface area contributed by atoms with Crippen molar-refractivity contribution >= 4 is 44.8 Å². The molecule has 1 saturated heterocycles. The predicted octanol–water partition coefficient (Wildman–Crippen LogP) is 4.10. The summed E-state index contributed by atoms with van der Waals surface area (Å²) < 4.78 is 32.0. The molecule has 9 heteroatoms. The van der Waals surface area contributed by atoms with Crippen LogP contribution in [0.2, 0.25) is 10.0 Å². The van der Waals surface area contributed by atoms with Crippen molar-refractivity contribution in [2.45, 2.75) is 24.7 Å². The Hall–Kier alpha value is -1.80. The summed E-state index contributed by atoms with van der Waals surface area (Å²) in [4.78, 5) is 12.3. The van der Waals surface area contributed by atoms with E-state index in [2.05, 4.69) is 5.32 Å². The van der Waals surface area contributed by atoms with Crippen LogP contribution < -0.4 is 10.1 Å². The molecule has 0 radical (unpaired) electrons. The highest BCUT2D eigenvalue weighted by Gasteiger charge is 2.27. The van der Waals surface area contributed by atoms with E-state index in [1.807, 2.05) is 6.92 Å². The number of anilines is 1. The molecule has 1 fully saturated rings. The molecule has 0 saturated carbocycles. The van der Waals surface area contributed by atoms with E-state index in [4.69, 9.17) is 27.9 Å². The van der Waals surface area contributed by atoms with Gasteiger partial charge in [-0.1, -0.05) is 29.3 Å². The second kappa shape index (κ2) is 8.69. The molecule has 1 N–H and O–H groups in total. The van der Waals surface area contributed by atoms with Crippen molar-refractivity contribution in [1.29, 1.82) is 0 Å². The average molecular weight is 443 g/mol. The maximum atomic E-state index is 12.6. The lowest BCUT2D eigenvalue weighted by atomic mass is 10.2. The van der Waals surface area contributed by atoms with Crippen molar-refractivity contribution in [2.24, 2.45) is 0 Å². The minimum atomic E-state index is -3.56. The number of aryl methyl sites for hydroxylation is 1. The van der Waals surface area contributed by atoms with Crippen LogP contribution >= 0.6 is 23.2 Å². The van der Waals surface area contributed by atoms with Crippen molar-refractivity contribution in [3.63, 3.8) is 0 Å². The first-order chi connectivity index (χ1) is 13.3. The third kappa shape index (κ3) is 4.78. The van der Waals surface area contributed by atoms with Gasteiger partial charge in [0, 0.05) is 23.8 Å². The zero-order valence-electron chi connectivity index (χ0n) is 15.2. The molecular formula is C19H20Cl2N2O4S. The lowest BCUT2D eigenvalue weighted by molar-refractivity contribution is -0.118. The van der Waals surface area contributed by atoms with Crippen LogP contribution in [0.4, 0.5) is 5.69 Å². The average Bonchev–Trinajstić information content (AvgIpc) is 3.19. The highest BCUT2D eigenvalue weighted by Crippen LogP contribution is 2.30. The molecular weight excluding hydrogens is 423 g/mol. The Kier molecular flexibility index (Phi) is 6.50. The van der Waals surface area contributed by atoms with E-state index in [0.29, 0.717) is 23.8 Å². The summed E-state index contributed by atoms with van der Waals surface area (Å²) in [5.41, 5.74) is 1.46. The Bertz CT molecular complexity index is 989. The number of carbonyl (C=O) groups is 1. The number of ether oxygens (including phenoxy) is 1. The summed E-state index contributed by atoms with van der Waals surface area (Å²) in [5, 5.41) is 3.36. The molecule has 0 aromatic heterocycles. The van der Waals surface area contributed by atoms with E-state index < -0.39 is 10.0 Å². The Morgan fingerprint density at radius 1 is 1.14 bits per heavy atom. The van der Waals surface area contributed by atoms with Crippen LogP contribution in [0, 0.1) is 6.92 Å². The van der Waals surface area contributed by atoms with Crippen LogP contribution in [0.1, 0.15) is 18.4 Å². The van der Waals surface area contributed by atoms with Gasteiger partial charge in [-0.15, -0.1) is 0 Å². The number of hydrogen-bond donors (Lipinski definition) is 1. The lowest BCUT2D eigenvalue weighted by Crippen LogP contribution is -2.27. The fourth-order valence-electron chi connectivity index (χ4n) is 2.90. The first kappa shape index (κ1) is 20.9. The fraction of sp³-hybridized carbons (Fsp3) is 0.316. The number of halogens is 2. The number of nitrogens with one attached hydrogen (secondary N) is 1. The molecule has 1 heterocycles. The van der Waals surface area contributed by atoms with Gasteiger partial charge < -0.3 is 10.1 Å². The highest BCUT2D eigenvalue weighted by atomic mass is 35.5. The number of rotatable bonds is 6. The highest BCUT2D eigenvalue weighted by molar-refractivity contribution is 7.89. The van der Waals surface area contributed by atoms with Gasteiger partial charge in [-0.25, -0.2) is 8.42 Å². The maximum absolute atomic E-state index is 12.6. The number of nitrogens with zero attached hydrogens (tertiary/aromatic N) is 1. The van der Waals surface area contributed by atoms with E-state index in [0.717, 1.165) is 18.4 Å². The van der Waals surface area contributed by atoms with Crippen molar-refractivity contribution in [3.8, 4) is 5.75 Å². The third-order valence-corrected chi connectivity index (χ3v) is 6.86. The van der Waals surface area contributed by atoms with Crippen molar-refractivity contribution in [2.75, 3.05) is 25.0 Å². The van der Waals surface area contributed by atoms with E-state index >= 15 is 0 Å². The second-order valence-electron chi connectivity index (χ2n) is 6.50. The first-order valence-electron chi connectivity index (χ1n) is 8.76. The molecule has 1 aliphatic rings. The molecule has 0 bridgehead atoms. The Labute approximate surface area is 174 Å². The van der Waals surface area contributed by atoms with Crippen molar-refractivity contribution in [1.82, 2.24) is 4.31 Å². The molecule has 0 unspecified atom stereocenters. The number of hydrogen-bond acceptors (Lipinski definition) is 4. The van der Waals surface area contributed by atoms with E-state index in [9.17, 15) is 13.2 Å². The van der Waals surface area contributed by atoms with Gasteiger partial charge in [0.25, 0.3) is 5.91 Å². The molecule has 0 spiro atoms. The largest absolute Gasteiger partial charge is 0.482 e. The molecule has 1 aliphatic heterocycles. The van der Waals surface area contributed by atoms with Gasteiger partial charge in [-0.2, -0.15) is 4.31 Å². The van der Waals surface area contributed by atoms with E-state index in [1.54, 1.807) is 18.2 Å². The summed E-state index contributed by atoms with van der Waals surface area (Å²) in [6.07, 6.45) is 1.71. The molecule has 28 heavy (non-hydrogen) atoms. The van der Waals surface area contributed by atoms with Gasteiger partial charge >= 0.3 is 0 Å². The fourth-order valence-corrected chi connectivity index (χ4v) is 4.91. The first-order valence-corrected chi connectivity index (χ1v) is 11.0. The quantitative estimate of drug-likeness (QED) is 0.730. The van der Waals surface area contributed by atoms with E-state index in [-0.39, 0.29) is 28.2 Å². The predicted molar refractivity (Wildman–Crippen MR) is 110 cm³/mol. The molecule has 1 amide bonds. The summed E-state index contributed by atoms with van der Waals surface area (Å²) in [6.45, 7) is 2.61. The number of carbonyl (C=O) groups excluding carboxylic acids is 1. The summed E-state index contributed by atoms with van der Waals surface area (Å²) in [7, 11) is -3.56.